The van der Waals surface area contributed by atoms with E-state index in [-0.39, 0.29) is 12.2 Å². The lowest BCUT2D eigenvalue weighted by Crippen LogP contribution is -2.42. The van der Waals surface area contributed by atoms with Gasteiger partial charge in [-0.05, 0) is 54.0 Å². The van der Waals surface area contributed by atoms with Crippen LogP contribution in [0.5, 0.6) is 0 Å². The predicted molar refractivity (Wildman–Crippen MR) is 138 cm³/mol. The minimum absolute atomic E-state index is 0.182. The monoisotopic (exact) mass is 510 g/mol. The Hall–Kier alpha value is -3.04. The molecule has 0 amide bonds. The molecule has 1 aromatic heterocycles. The van der Waals surface area contributed by atoms with Crippen LogP contribution in [-0.2, 0) is 16.0 Å². The highest BCUT2D eigenvalue weighted by Crippen LogP contribution is 2.40. The smallest absolute Gasteiger partial charge is 0.353 e. The van der Waals surface area contributed by atoms with Crippen molar-refractivity contribution in [1.29, 1.82) is 0 Å². The molecule has 2 aromatic carbocycles. The zero-order valence-corrected chi connectivity index (χ0v) is 20.6. The average molecular weight is 511 g/mol. The minimum Gasteiger partial charge on any atom is -0.477 e. The summed E-state index contributed by atoms with van der Waals surface area (Å²) in [7, 11) is 0. The van der Waals surface area contributed by atoms with Gasteiger partial charge in [0, 0.05) is 30.6 Å². The Balaban J connectivity index is 1.40. The fourth-order valence-corrected chi connectivity index (χ4v) is 5.34. The van der Waals surface area contributed by atoms with Gasteiger partial charge in [-0.15, -0.1) is 0 Å². The minimum atomic E-state index is -1.25. The van der Waals surface area contributed by atoms with Crippen LogP contribution in [0.3, 0.4) is 0 Å². The zero-order chi connectivity index (χ0) is 25.4. The number of rotatable bonds is 8. The summed E-state index contributed by atoms with van der Waals surface area (Å²) in [5, 5.41) is 22.4. The maximum atomic E-state index is 11.0. The van der Waals surface area contributed by atoms with Gasteiger partial charge in [-0.2, -0.15) is 0 Å². The van der Waals surface area contributed by atoms with Gasteiger partial charge in [0.15, 0.2) is 0 Å². The lowest BCUT2D eigenvalue weighted by Gasteiger charge is -2.35. The summed E-state index contributed by atoms with van der Waals surface area (Å²) < 4.78 is 8.37. The Bertz CT molecular complexity index is 1280. The summed E-state index contributed by atoms with van der Waals surface area (Å²) in [6.07, 6.45) is 5.85. The lowest BCUT2D eigenvalue weighted by molar-refractivity contribution is -0.134. The maximum absolute atomic E-state index is 11.0. The first kappa shape index (κ1) is 24.6. The summed E-state index contributed by atoms with van der Waals surface area (Å²) in [5.41, 5.74) is 9.74. The number of benzene rings is 2. The van der Waals surface area contributed by atoms with Gasteiger partial charge in [-0.1, -0.05) is 41.9 Å². The van der Waals surface area contributed by atoms with Crippen molar-refractivity contribution in [2.45, 2.75) is 56.5 Å². The molecule has 5 rings (SSSR count). The molecule has 9 heteroatoms. The fraction of sp³-hybridized carbons (Fsp3) is 0.370. The molecule has 190 valence electrons. The average Bonchev–Trinajstić information content (AvgIpc) is 3.61. The van der Waals surface area contributed by atoms with Crippen LogP contribution in [0.25, 0.3) is 10.9 Å². The van der Waals surface area contributed by atoms with Crippen molar-refractivity contribution in [3.8, 4) is 0 Å². The lowest BCUT2D eigenvalue weighted by atomic mass is 10.0. The van der Waals surface area contributed by atoms with Gasteiger partial charge in [-0.25, -0.2) is 10.6 Å². The zero-order valence-electron chi connectivity index (χ0n) is 19.9. The molecule has 3 atom stereocenters. The number of aliphatic carboxylic acids is 1. The van der Waals surface area contributed by atoms with E-state index in [0.717, 1.165) is 35.0 Å². The number of hydrogen-bond acceptors (Lipinski definition) is 6. The van der Waals surface area contributed by atoms with Gasteiger partial charge in [0.05, 0.1) is 29.3 Å². The largest absolute Gasteiger partial charge is 0.477 e. The maximum Gasteiger partial charge on any atom is 0.353 e. The van der Waals surface area contributed by atoms with E-state index in [1.165, 1.54) is 29.0 Å². The van der Waals surface area contributed by atoms with Gasteiger partial charge in [0.25, 0.3) is 0 Å². The first-order valence-electron chi connectivity index (χ1n) is 12.2. The van der Waals surface area contributed by atoms with Crippen LogP contribution in [0.15, 0.2) is 60.6 Å². The SMILES string of the molecule is N/C(=C\N(N)C[C@@H]1C[C@H](O)C[C@H](n2cc(Cc3ccc(C4CC4)cc3)c3c(Cl)cccc32)O1)C(=O)O. The molecule has 2 aliphatic rings. The molecule has 1 saturated heterocycles. The molecule has 1 aliphatic carbocycles. The number of aromatic nitrogens is 1. The molecule has 1 saturated carbocycles. The van der Waals surface area contributed by atoms with Crippen molar-refractivity contribution < 1.29 is 19.7 Å². The van der Waals surface area contributed by atoms with Crippen molar-refractivity contribution in [3.63, 3.8) is 0 Å². The number of carboxylic acid groups (broad SMARTS) is 1. The van der Waals surface area contributed by atoms with Crippen molar-refractivity contribution >= 4 is 28.5 Å². The Labute approximate surface area is 214 Å². The Morgan fingerprint density at radius 3 is 2.64 bits per heavy atom. The van der Waals surface area contributed by atoms with Gasteiger partial charge >= 0.3 is 5.97 Å². The second kappa shape index (κ2) is 10.1. The molecule has 0 spiro atoms. The number of ether oxygens (including phenoxy) is 1. The molecule has 2 fully saturated rings. The summed E-state index contributed by atoms with van der Waals surface area (Å²) in [5.74, 6) is 5.40. The molecule has 1 aliphatic heterocycles. The third-order valence-electron chi connectivity index (χ3n) is 6.94. The van der Waals surface area contributed by atoms with Gasteiger partial charge in [0.1, 0.15) is 11.9 Å². The molecular formula is C27H31ClN4O4. The molecule has 0 bridgehead atoms. The quantitative estimate of drug-likeness (QED) is 0.206. The van der Waals surface area contributed by atoms with Crippen LogP contribution in [0.4, 0.5) is 0 Å². The van der Waals surface area contributed by atoms with E-state index in [1.54, 1.807) is 0 Å². The van der Waals surface area contributed by atoms with Crippen LogP contribution in [0.1, 0.15) is 54.5 Å². The van der Waals surface area contributed by atoms with Crippen molar-refractivity contribution in [3.05, 3.63) is 82.3 Å². The molecule has 2 heterocycles. The first-order valence-corrected chi connectivity index (χ1v) is 12.6. The summed E-state index contributed by atoms with van der Waals surface area (Å²) in [4.78, 5) is 11.0. The molecule has 36 heavy (non-hydrogen) atoms. The number of halogens is 1. The van der Waals surface area contributed by atoms with E-state index in [0.29, 0.717) is 17.9 Å². The normalized spacial score (nSPS) is 22.6. The van der Waals surface area contributed by atoms with E-state index in [1.807, 2.05) is 22.8 Å². The second-order valence-corrected chi connectivity index (χ2v) is 10.2. The molecular weight excluding hydrogens is 480 g/mol. The molecule has 3 aromatic rings. The molecule has 6 N–H and O–H groups in total. The van der Waals surface area contributed by atoms with E-state index in [2.05, 4.69) is 30.5 Å². The van der Waals surface area contributed by atoms with E-state index >= 15 is 0 Å². The number of aliphatic hydroxyl groups excluding tert-OH is 1. The summed E-state index contributed by atoms with van der Waals surface area (Å²) in [6, 6.07) is 14.6. The Morgan fingerprint density at radius 2 is 1.94 bits per heavy atom. The van der Waals surface area contributed by atoms with E-state index in [4.69, 9.17) is 33.0 Å². The standard InChI is InChI=1S/C27H31ClN4O4/c28-22-2-1-3-24-26(22)19(10-16-4-6-17(7-5-16)18-8-9-18)13-32(24)25-12-20(33)11-21(36-25)14-31(30)15-23(29)27(34)35/h1-7,13,15,18,20-21,25,33H,8-12,14,29-30H2,(H,34,35)/b23-15-/t20-,21-,25+/m0/s1. The first-order chi connectivity index (χ1) is 17.3. The number of nitrogens with zero attached hydrogens (tertiary/aromatic N) is 2. The van der Waals surface area contributed by atoms with Crippen LogP contribution >= 0.6 is 11.6 Å². The van der Waals surface area contributed by atoms with Crippen LogP contribution in [-0.4, -0.2) is 44.5 Å². The van der Waals surface area contributed by atoms with Crippen molar-refractivity contribution in [2.24, 2.45) is 11.6 Å². The van der Waals surface area contributed by atoms with Crippen LogP contribution < -0.4 is 11.6 Å². The predicted octanol–water partition coefficient (Wildman–Crippen LogP) is 3.86. The fourth-order valence-electron chi connectivity index (χ4n) is 5.05. The second-order valence-electron chi connectivity index (χ2n) is 9.81. The number of carbonyl (C=O) groups is 1. The van der Waals surface area contributed by atoms with Gasteiger partial charge < -0.3 is 30.3 Å². The number of aliphatic hydroxyl groups is 1. The third kappa shape index (κ3) is 5.37. The molecule has 8 nitrogen and oxygen atoms in total. The highest BCUT2D eigenvalue weighted by Gasteiger charge is 2.31. The number of nitrogens with two attached hydrogens (primary N) is 2. The Kier molecular flexibility index (Phi) is 6.94. The number of fused-ring (bicyclic) bond motifs is 1. The number of hydrazine groups is 1. The van der Waals surface area contributed by atoms with E-state index in [9.17, 15) is 9.90 Å². The highest BCUT2D eigenvalue weighted by molar-refractivity contribution is 6.35. The third-order valence-corrected chi connectivity index (χ3v) is 7.26. The van der Waals surface area contributed by atoms with Gasteiger partial charge in [-0.3, -0.25) is 0 Å². The summed E-state index contributed by atoms with van der Waals surface area (Å²) in [6.45, 7) is 0.182. The van der Waals surface area contributed by atoms with E-state index < -0.39 is 24.4 Å². The Morgan fingerprint density at radius 1 is 1.19 bits per heavy atom. The molecule has 0 unspecified atom stereocenters. The van der Waals surface area contributed by atoms with Crippen LogP contribution in [0.2, 0.25) is 5.02 Å². The van der Waals surface area contributed by atoms with Crippen molar-refractivity contribution in [2.75, 3.05) is 6.54 Å². The summed E-state index contributed by atoms with van der Waals surface area (Å²) >= 11 is 6.66. The van der Waals surface area contributed by atoms with Crippen molar-refractivity contribution in [1.82, 2.24) is 9.58 Å². The number of carboxylic acids is 1. The topological polar surface area (TPSA) is 127 Å². The number of hydrogen-bond donors (Lipinski definition) is 4. The highest BCUT2D eigenvalue weighted by atomic mass is 35.5. The molecule has 0 radical (unpaired) electrons. The van der Waals surface area contributed by atoms with Gasteiger partial charge in [0.2, 0.25) is 0 Å². The van der Waals surface area contributed by atoms with Crippen LogP contribution in [0, 0.1) is 0 Å².